The number of aryl methyl sites for hydroxylation is 3. The van der Waals surface area contributed by atoms with E-state index in [1.54, 1.807) is 6.20 Å². The first kappa shape index (κ1) is 30.5. The van der Waals surface area contributed by atoms with Gasteiger partial charge in [-0.25, -0.2) is 9.37 Å². The molecular formula is C37H39FN4O3. The van der Waals surface area contributed by atoms with Gasteiger partial charge in [-0.15, -0.1) is 0 Å². The van der Waals surface area contributed by atoms with Gasteiger partial charge in [0.1, 0.15) is 11.7 Å². The second-order valence-electron chi connectivity index (χ2n) is 13.1. The molecule has 4 heterocycles. The molecule has 1 aliphatic rings. The molecule has 1 atom stereocenters. The number of rotatable bonds is 6. The summed E-state index contributed by atoms with van der Waals surface area (Å²) in [7, 11) is 1.95. The molecule has 5 aromatic rings. The van der Waals surface area contributed by atoms with Crippen molar-refractivity contribution in [3.05, 3.63) is 88.5 Å². The van der Waals surface area contributed by atoms with E-state index in [1.165, 1.54) is 11.6 Å². The van der Waals surface area contributed by atoms with Crippen LogP contribution in [0.3, 0.4) is 0 Å². The molecule has 0 amide bonds. The molecule has 45 heavy (non-hydrogen) atoms. The molecule has 0 fully saturated rings. The highest BCUT2D eigenvalue weighted by molar-refractivity contribution is 6.01. The maximum atomic E-state index is 15.8. The number of aliphatic carboxylic acids is 1. The van der Waals surface area contributed by atoms with Crippen LogP contribution in [0.4, 0.5) is 4.39 Å². The minimum Gasteiger partial charge on any atom is -0.490 e. The van der Waals surface area contributed by atoms with Crippen molar-refractivity contribution in [1.82, 2.24) is 19.9 Å². The fraction of sp³-hybridized carbons (Fsp3) is 0.324. The maximum absolute atomic E-state index is 15.8. The van der Waals surface area contributed by atoms with E-state index in [4.69, 9.17) is 9.72 Å². The molecule has 6 rings (SSSR count). The van der Waals surface area contributed by atoms with Gasteiger partial charge < -0.3 is 14.4 Å². The Balaban J connectivity index is 1.65. The van der Waals surface area contributed by atoms with Gasteiger partial charge in [0.05, 0.1) is 18.0 Å². The molecule has 232 valence electrons. The van der Waals surface area contributed by atoms with Crippen molar-refractivity contribution >= 4 is 17.0 Å². The predicted molar refractivity (Wildman–Crippen MR) is 176 cm³/mol. The number of carboxylic acid groups (broad SMARTS) is 1. The normalized spacial score (nSPS) is 13.9. The summed E-state index contributed by atoms with van der Waals surface area (Å²) in [6.45, 7) is 12.1. The molecule has 0 saturated carbocycles. The Kier molecular flexibility index (Phi) is 7.73. The van der Waals surface area contributed by atoms with E-state index in [2.05, 4.69) is 47.6 Å². The zero-order valence-electron chi connectivity index (χ0n) is 26.9. The highest BCUT2D eigenvalue weighted by Gasteiger charge is 2.33. The van der Waals surface area contributed by atoms with Gasteiger partial charge in [-0.2, -0.15) is 0 Å². The van der Waals surface area contributed by atoms with E-state index in [1.807, 2.05) is 58.4 Å². The number of nitrogens with one attached hydrogen (secondary N) is 1. The summed E-state index contributed by atoms with van der Waals surface area (Å²) < 4.78 is 23.5. The number of fused-ring (bicyclic) bond motifs is 2. The highest BCUT2D eigenvalue weighted by atomic mass is 19.1. The lowest BCUT2D eigenvalue weighted by Crippen LogP contribution is -2.42. The van der Waals surface area contributed by atoms with E-state index in [0.29, 0.717) is 46.8 Å². The maximum Gasteiger partial charge on any atom is 0.325 e. The lowest BCUT2D eigenvalue weighted by atomic mass is 9.85. The minimum atomic E-state index is -1.08. The molecule has 8 heteroatoms. The molecule has 0 bridgehead atoms. The van der Waals surface area contributed by atoms with Crippen molar-refractivity contribution in [2.45, 2.75) is 66.0 Å². The van der Waals surface area contributed by atoms with E-state index >= 15 is 4.39 Å². The fourth-order valence-electron chi connectivity index (χ4n) is 6.46. The summed E-state index contributed by atoms with van der Waals surface area (Å²) in [5, 5.41) is 14.6. The Morgan fingerprint density at radius 3 is 2.49 bits per heavy atom. The average molecular weight is 607 g/mol. The summed E-state index contributed by atoms with van der Waals surface area (Å²) in [5.41, 5.74) is 9.15. The number of carboxylic acids is 1. The van der Waals surface area contributed by atoms with Gasteiger partial charge in [0.25, 0.3) is 0 Å². The van der Waals surface area contributed by atoms with Gasteiger partial charge >= 0.3 is 5.97 Å². The molecule has 0 spiro atoms. The van der Waals surface area contributed by atoms with Crippen LogP contribution < -0.4 is 10.1 Å². The molecule has 0 saturated heterocycles. The second-order valence-corrected chi connectivity index (χ2v) is 13.1. The zero-order chi connectivity index (χ0) is 32.2. The van der Waals surface area contributed by atoms with Crippen LogP contribution in [0.15, 0.2) is 54.7 Å². The third kappa shape index (κ3) is 5.59. The number of halogens is 1. The number of hydrogen-bond acceptors (Lipinski definition) is 5. The minimum absolute atomic E-state index is 0.294. The third-order valence-corrected chi connectivity index (χ3v) is 8.62. The Morgan fingerprint density at radius 2 is 1.80 bits per heavy atom. The van der Waals surface area contributed by atoms with Crippen molar-refractivity contribution < 1.29 is 19.0 Å². The highest BCUT2D eigenvalue weighted by Crippen LogP contribution is 2.45. The van der Waals surface area contributed by atoms with Crippen molar-refractivity contribution in [2.24, 2.45) is 7.05 Å². The SMILES string of the molecule is Cc1ccc(-c2cc(-c3cc4c(-c5cc(F)c6c(c5C)CCCO6)c([C@H](NC(C)(C)C)C(=O)O)c(C)nc4n3C)ccn2)cc1. The number of carbonyl (C=O) groups is 1. The molecule has 2 N–H and O–H groups in total. The second kappa shape index (κ2) is 11.4. The molecule has 3 aromatic heterocycles. The lowest BCUT2D eigenvalue weighted by molar-refractivity contribution is -0.140. The molecule has 2 aromatic carbocycles. The number of hydrogen-bond donors (Lipinski definition) is 2. The Morgan fingerprint density at radius 1 is 1.07 bits per heavy atom. The first-order valence-electron chi connectivity index (χ1n) is 15.3. The van der Waals surface area contributed by atoms with Crippen molar-refractivity contribution in [3.63, 3.8) is 0 Å². The summed E-state index contributed by atoms with van der Waals surface area (Å²) >= 11 is 0. The van der Waals surface area contributed by atoms with Gasteiger partial charge in [-0.05, 0) is 89.8 Å². The zero-order valence-corrected chi connectivity index (χ0v) is 26.9. The lowest BCUT2D eigenvalue weighted by Gasteiger charge is -2.29. The van der Waals surface area contributed by atoms with Gasteiger partial charge in [0.2, 0.25) is 0 Å². The molecule has 1 aliphatic heterocycles. The van der Waals surface area contributed by atoms with Crippen LogP contribution in [0.1, 0.15) is 61.2 Å². The standard InChI is InChI=1S/C37H39FN4O3/c1-20-10-12-23(13-11-20)29-17-24(14-15-39-29)30-19-27-32(26-18-28(38)34-25(21(26)2)9-8-16-45-34)31(22(3)40-35(27)42(30)7)33(36(43)44)41-37(4,5)6/h10-15,17-19,33,41H,8-9,16H2,1-7H3,(H,43,44)/t33-/m0/s1. The monoisotopic (exact) mass is 606 g/mol. The number of aromatic nitrogens is 3. The van der Waals surface area contributed by atoms with E-state index < -0.39 is 23.4 Å². The van der Waals surface area contributed by atoms with Gasteiger partial charge in [-0.1, -0.05) is 29.8 Å². The number of pyridine rings is 2. The van der Waals surface area contributed by atoms with Crippen LogP contribution in [0.5, 0.6) is 5.75 Å². The quantitative estimate of drug-likeness (QED) is 0.205. The molecule has 7 nitrogen and oxygen atoms in total. The largest absolute Gasteiger partial charge is 0.490 e. The number of benzene rings is 2. The van der Waals surface area contributed by atoms with Gasteiger partial charge in [0.15, 0.2) is 11.6 Å². The first-order chi connectivity index (χ1) is 21.3. The third-order valence-electron chi connectivity index (χ3n) is 8.62. The predicted octanol–water partition coefficient (Wildman–Crippen LogP) is 7.87. The van der Waals surface area contributed by atoms with Gasteiger partial charge in [0, 0.05) is 57.7 Å². The average Bonchev–Trinajstić information content (AvgIpc) is 3.33. The van der Waals surface area contributed by atoms with Crippen LogP contribution in [-0.4, -0.2) is 37.8 Å². The smallest absolute Gasteiger partial charge is 0.325 e. The first-order valence-corrected chi connectivity index (χ1v) is 15.3. The van der Waals surface area contributed by atoms with E-state index in [0.717, 1.165) is 45.4 Å². The molecule has 0 aliphatic carbocycles. The Labute approximate surface area is 263 Å². The van der Waals surface area contributed by atoms with Crippen LogP contribution >= 0.6 is 0 Å². The Bertz CT molecular complexity index is 1950. The van der Waals surface area contributed by atoms with E-state index in [-0.39, 0.29) is 0 Å². The fourth-order valence-corrected chi connectivity index (χ4v) is 6.46. The van der Waals surface area contributed by atoms with Crippen molar-refractivity contribution in [3.8, 4) is 39.4 Å². The molecule has 0 radical (unpaired) electrons. The van der Waals surface area contributed by atoms with Crippen LogP contribution in [-0.2, 0) is 18.3 Å². The summed E-state index contributed by atoms with van der Waals surface area (Å²) in [6, 6.07) is 14.7. The Hall–Kier alpha value is -4.56. The van der Waals surface area contributed by atoms with Crippen LogP contribution in [0, 0.1) is 26.6 Å². The number of nitrogens with zero attached hydrogens (tertiary/aromatic N) is 3. The summed E-state index contributed by atoms with van der Waals surface area (Å²) in [5.74, 6) is -1.17. The molecular weight excluding hydrogens is 567 g/mol. The topological polar surface area (TPSA) is 89.3 Å². The molecule has 0 unspecified atom stereocenters. The van der Waals surface area contributed by atoms with Crippen LogP contribution in [0.25, 0.3) is 44.7 Å². The number of ether oxygens (including phenoxy) is 1. The van der Waals surface area contributed by atoms with Crippen LogP contribution in [0.2, 0.25) is 0 Å². The van der Waals surface area contributed by atoms with Crippen molar-refractivity contribution in [2.75, 3.05) is 6.61 Å². The van der Waals surface area contributed by atoms with Crippen molar-refractivity contribution in [1.29, 1.82) is 0 Å². The van der Waals surface area contributed by atoms with E-state index in [9.17, 15) is 9.90 Å². The summed E-state index contributed by atoms with van der Waals surface area (Å²) in [6.07, 6.45) is 3.28. The van der Waals surface area contributed by atoms with Gasteiger partial charge in [-0.3, -0.25) is 15.1 Å². The summed E-state index contributed by atoms with van der Waals surface area (Å²) in [4.78, 5) is 22.5.